The molecule has 0 N–H and O–H groups in total. The largest absolute Gasteiger partial charge is 0.334 e. The molecule has 1 saturated heterocycles. The first-order valence-electron chi connectivity index (χ1n) is 8.48. The van der Waals surface area contributed by atoms with Crippen molar-refractivity contribution in [1.82, 2.24) is 14.4 Å². The lowest BCUT2D eigenvalue weighted by Gasteiger charge is -2.29. The number of aryl methyl sites for hydroxylation is 1. The van der Waals surface area contributed by atoms with Gasteiger partial charge in [0.25, 0.3) is 15.9 Å². The van der Waals surface area contributed by atoms with Gasteiger partial charge in [-0.3, -0.25) is 0 Å². The van der Waals surface area contributed by atoms with E-state index in [-0.39, 0.29) is 5.92 Å². The molecule has 0 bridgehead atoms. The van der Waals surface area contributed by atoms with E-state index in [1.807, 2.05) is 31.2 Å². The molecule has 0 saturated carbocycles. The van der Waals surface area contributed by atoms with Crippen molar-refractivity contribution in [2.75, 3.05) is 13.1 Å². The van der Waals surface area contributed by atoms with Crippen LogP contribution in [0.4, 0.5) is 0 Å². The summed E-state index contributed by atoms with van der Waals surface area (Å²) in [4.78, 5) is 4.54. The highest BCUT2D eigenvalue weighted by Gasteiger charge is 2.32. The average Bonchev–Trinajstić information content (AvgIpc) is 3.34. The molecule has 1 aliphatic rings. The summed E-state index contributed by atoms with van der Waals surface area (Å²) in [5.74, 6) is 1.29. The molecule has 2 aromatic heterocycles. The van der Waals surface area contributed by atoms with Crippen LogP contribution in [0.2, 0.25) is 0 Å². The second-order valence-corrected chi connectivity index (χ2v) is 9.55. The predicted molar refractivity (Wildman–Crippen MR) is 99.5 cm³/mol. The molecule has 26 heavy (non-hydrogen) atoms. The lowest BCUT2D eigenvalue weighted by atomic mass is 9.97. The number of thiophene rings is 1. The van der Waals surface area contributed by atoms with Gasteiger partial charge in [-0.1, -0.05) is 28.9 Å². The third-order valence-corrected chi connectivity index (χ3v) is 7.89. The maximum atomic E-state index is 12.6. The fourth-order valence-electron chi connectivity index (χ4n) is 3.19. The van der Waals surface area contributed by atoms with Crippen molar-refractivity contribution in [1.29, 1.82) is 0 Å². The van der Waals surface area contributed by atoms with Crippen molar-refractivity contribution in [2.24, 2.45) is 0 Å². The molecule has 136 valence electrons. The van der Waals surface area contributed by atoms with Gasteiger partial charge in [0.05, 0.1) is 0 Å². The number of sulfonamides is 1. The molecule has 8 heteroatoms. The first-order chi connectivity index (χ1) is 12.5. The minimum Gasteiger partial charge on any atom is -0.334 e. The van der Waals surface area contributed by atoms with Crippen LogP contribution in [0.25, 0.3) is 11.5 Å². The Balaban J connectivity index is 1.46. The molecule has 0 atom stereocenters. The van der Waals surface area contributed by atoms with E-state index in [0.29, 0.717) is 41.9 Å². The number of rotatable bonds is 4. The fraction of sp³-hybridized carbons (Fsp3) is 0.333. The highest BCUT2D eigenvalue weighted by Crippen LogP contribution is 2.31. The first kappa shape index (κ1) is 17.4. The van der Waals surface area contributed by atoms with Gasteiger partial charge in [0.15, 0.2) is 5.82 Å². The summed E-state index contributed by atoms with van der Waals surface area (Å²) in [7, 11) is -3.38. The minimum absolute atomic E-state index is 0.118. The van der Waals surface area contributed by atoms with Crippen molar-refractivity contribution in [3.8, 4) is 11.5 Å². The lowest BCUT2D eigenvalue weighted by molar-refractivity contribution is 0.307. The molecule has 1 aromatic carbocycles. The molecule has 3 heterocycles. The smallest absolute Gasteiger partial charge is 0.257 e. The quantitative estimate of drug-likeness (QED) is 0.680. The van der Waals surface area contributed by atoms with E-state index in [1.54, 1.807) is 21.8 Å². The van der Waals surface area contributed by atoms with Gasteiger partial charge in [0.1, 0.15) is 4.21 Å². The molecule has 4 rings (SSSR count). The maximum Gasteiger partial charge on any atom is 0.257 e. The number of benzene rings is 1. The summed E-state index contributed by atoms with van der Waals surface area (Å²) in [6.07, 6.45) is 1.38. The van der Waals surface area contributed by atoms with Crippen LogP contribution >= 0.6 is 11.3 Å². The minimum atomic E-state index is -3.38. The summed E-state index contributed by atoms with van der Waals surface area (Å²) in [5.41, 5.74) is 2.04. The summed E-state index contributed by atoms with van der Waals surface area (Å²) >= 11 is 1.25. The van der Waals surface area contributed by atoms with E-state index >= 15 is 0 Å². The van der Waals surface area contributed by atoms with Crippen molar-refractivity contribution in [3.63, 3.8) is 0 Å². The third kappa shape index (κ3) is 3.32. The molecule has 0 aliphatic carbocycles. The van der Waals surface area contributed by atoms with E-state index in [9.17, 15) is 8.42 Å². The Kier molecular flexibility index (Phi) is 4.64. The van der Waals surface area contributed by atoms with Crippen LogP contribution in [0.1, 0.15) is 30.1 Å². The fourth-order valence-corrected chi connectivity index (χ4v) is 5.80. The van der Waals surface area contributed by atoms with Crippen LogP contribution in [-0.2, 0) is 10.0 Å². The Bertz CT molecular complexity index is 988. The van der Waals surface area contributed by atoms with Gasteiger partial charge in [-0.15, -0.1) is 11.3 Å². The van der Waals surface area contributed by atoms with E-state index in [1.165, 1.54) is 11.3 Å². The molecular weight excluding hydrogens is 370 g/mol. The second kappa shape index (κ2) is 6.94. The highest BCUT2D eigenvalue weighted by molar-refractivity contribution is 7.91. The molecule has 6 nitrogen and oxygen atoms in total. The van der Waals surface area contributed by atoms with Crippen LogP contribution < -0.4 is 0 Å². The second-order valence-electron chi connectivity index (χ2n) is 6.44. The zero-order valence-electron chi connectivity index (χ0n) is 14.3. The standard InChI is InChI=1S/C18H19N3O3S2/c1-13-4-2-5-15(12-13)18-19-17(20-24-18)14-7-9-21(10-8-14)26(22,23)16-6-3-11-25-16/h2-6,11-12,14H,7-10H2,1H3. The van der Waals surface area contributed by atoms with Crippen LogP contribution in [-0.4, -0.2) is 36.0 Å². The van der Waals surface area contributed by atoms with Crippen molar-refractivity contribution in [3.05, 3.63) is 53.2 Å². The van der Waals surface area contributed by atoms with Crippen LogP contribution in [0, 0.1) is 6.92 Å². The Labute approximate surface area is 156 Å². The molecular formula is C18H19N3O3S2. The van der Waals surface area contributed by atoms with E-state index < -0.39 is 10.0 Å². The van der Waals surface area contributed by atoms with Gasteiger partial charge in [0, 0.05) is 24.6 Å². The molecule has 3 aromatic rings. The van der Waals surface area contributed by atoms with E-state index in [2.05, 4.69) is 10.1 Å². The van der Waals surface area contributed by atoms with E-state index in [0.717, 1.165) is 11.1 Å². The van der Waals surface area contributed by atoms with Gasteiger partial charge in [-0.25, -0.2) is 8.42 Å². The van der Waals surface area contributed by atoms with Crippen LogP contribution in [0.5, 0.6) is 0 Å². The monoisotopic (exact) mass is 389 g/mol. The Morgan fingerprint density at radius 2 is 2.00 bits per heavy atom. The molecule has 0 spiro atoms. The maximum absolute atomic E-state index is 12.6. The SMILES string of the molecule is Cc1cccc(-c2nc(C3CCN(S(=O)(=O)c4cccs4)CC3)no2)c1. The van der Waals surface area contributed by atoms with Gasteiger partial charge in [0.2, 0.25) is 0 Å². The zero-order chi connectivity index (χ0) is 18.1. The molecule has 0 radical (unpaired) electrons. The van der Waals surface area contributed by atoms with E-state index in [4.69, 9.17) is 4.52 Å². The van der Waals surface area contributed by atoms with Gasteiger partial charge in [-0.05, 0) is 43.3 Å². The first-order valence-corrected chi connectivity index (χ1v) is 10.8. The number of aromatic nitrogens is 2. The van der Waals surface area contributed by atoms with Crippen molar-refractivity contribution < 1.29 is 12.9 Å². The molecule has 0 amide bonds. The van der Waals surface area contributed by atoms with Crippen molar-refractivity contribution >= 4 is 21.4 Å². The topological polar surface area (TPSA) is 76.3 Å². The average molecular weight is 390 g/mol. The highest BCUT2D eigenvalue weighted by atomic mass is 32.2. The van der Waals surface area contributed by atoms with Crippen LogP contribution in [0.3, 0.4) is 0 Å². The lowest BCUT2D eigenvalue weighted by Crippen LogP contribution is -2.37. The third-order valence-electron chi connectivity index (χ3n) is 4.62. The number of hydrogen-bond donors (Lipinski definition) is 0. The zero-order valence-corrected chi connectivity index (χ0v) is 16.0. The van der Waals surface area contributed by atoms with Gasteiger partial charge < -0.3 is 4.52 Å². The summed E-state index contributed by atoms with van der Waals surface area (Å²) in [6, 6.07) is 11.3. The molecule has 1 fully saturated rings. The Morgan fingerprint density at radius 1 is 1.19 bits per heavy atom. The summed E-state index contributed by atoms with van der Waals surface area (Å²) in [5, 5.41) is 5.91. The summed E-state index contributed by atoms with van der Waals surface area (Å²) < 4.78 is 32.6. The molecule has 0 unspecified atom stereocenters. The number of nitrogens with zero attached hydrogens (tertiary/aromatic N) is 3. The van der Waals surface area contributed by atoms with Crippen LogP contribution in [0.15, 0.2) is 50.5 Å². The Hall–Kier alpha value is -2.03. The Morgan fingerprint density at radius 3 is 2.69 bits per heavy atom. The predicted octanol–water partition coefficient (Wildman–Crippen LogP) is 3.67. The number of piperidine rings is 1. The summed E-state index contributed by atoms with van der Waals surface area (Å²) in [6.45, 7) is 2.96. The van der Waals surface area contributed by atoms with Gasteiger partial charge in [-0.2, -0.15) is 9.29 Å². The molecule has 1 aliphatic heterocycles. The number of hydrogen-bond acceptors (Lipinski definition) is 6. The van der Waals surface area contributed by atoms with Crippen molar-refractivity contribution in [2.45, 2.75) is 29.9 Å². The normalized spacial score (nSPS) is 16.8. The van der Waals surface area contributed by atoms with Gasteiger partial charge >= 0.3 is 0 Å².